The highest BCUT2D eigenvalue weighted by Gasteiger charge is 2.02. The molecule has 1 aromatic heterocycles. The number of rotatable bonds is 8. The molecule has 0 aliphatic heterocycles. The van der Waals surface area contributed by atoms with Gasteiger partial charge in [-0.25, -0.2) is 0 Å². The molecule has 0 saturated heterocycles. The molecule has 2 rings (SSSR count). The van der Waals surface area contributed by atoms with Crippen molar-refractivity contribution in [2.75, 3.05) is 18.1 Å². The van der Waals surface area contributed by atoms with Crippen molar-refractivity contribution in [1.82, 2.24) is 5.32 Å². The topological polar surface area (TPSA) is 38.3 Å². The first kappa shape index (κ1) is 16.2. The quantitative estimate of drug-likeness (QED) is 0.741. The van der Waals surface area contributed by atoms with E-state index in [1.807, 2.05) is 29.6 Å². The van der Waals surface area contributed by atoms with E-state index in [1.165, 1.54) is 0 Å². The van der Waals surface area contributed by atoms with Gasteiger partial charge in [-0.2, -0.15) is 0 Å². The highest BCUT2D eigenvalue weighted by Crippen LogP contribution is 2.17. The zero-order chi connectivity index (χ0) is 14.9. The molecule has 112 valence electrons. The molecule has 0 radical (unpaired) electrons. The van der Waals surface area contributed by atoms with Gasteiger partial charge in [-0.3, -0.25) is 4.79 Å². The van der Waals surface area contributed by atoms with Crippen molar-refractivity contribution >= 4 is 40.6 Å². The van der Waals surface area contributed by atoms with Crippen molar-refractivity contribution in [1.29, 1.82) is 0 Å². The molecule has 1 N–H and O–H groups in total. The van der Waals surface area contributed by atoms with Gasteiger partial charge >= 0.3 is 0 Å². The van der Waals surface area contributed by atoms with Gasteiger partial charge in [0.1, 0.15) is 5.75 Å². The van der Waals surface area contributed by atoms with E-state index in [1.54, 1.807) is 35.2 Å². The third-order valence-electron chi connectivity index (χ3n) is 2.57. The Kier molecular flexibility index (Phi) is 6.92. The highest BCUT2D eigenvalue weighted by atomic mass is 35.5. The number of hydrogen-bond acceptors (Lipinski definition) is 4. The lowest BCUT2D eigenvalue weighted by atomic mass is 10.3. The summed E-state index contributed by atoms with van der Waals surface area (Å²) < 4.78 is 5.55. The van der Waals surface area contributed by atoms with E-state index >= 15 is 0 Å². The van der Waals surface area contributed by atoms with Gasteiger partial charge < -0.3 is 10.1 Å². The minimum Gasteiger partial charge on any atom is -0.493 e. The van der Waals surface area contributed by atoms with Crippen molar-refractivity contribution < 1.29 is 9.53 Å². The summed E-state index contributed by atoms with van der Waals surface area (Å²) >= 11 is 9.06. The largest absolute Gasteiger partial charge is 0.493 e. The lowest BCUT2D eigenvalue weighted by Crippen LogP contribution is -2.24. The average molecular weight is 342 g/mol. The van der Waals surface area contributed by atoms with Crippen LogP contribution >= 0.6 is 34.7 Å². The fourth-order valence-corrected chi connectivity index (χ4v) is 3.05. The third-order valence-corrected chi connectivity index (χ3v) is 4.60. The summed E-state index contributed by atoms with van der Waals surface area (Å²) in [6.45, 7) is 1.17. The van der Waals surface area contributed by atoms with E-state index in [-0.39, 0.29) is 5.91 Å². The molecule has 0 unspecified atom stereocenters. The molecule has 6 heteroatoms. The summed E-state index contributed by atoms with van der Waals surface area (Å²) in [6, 6.07) is 11.3. The van der Waals surface area contributed by atoms with Crippen molar-refractivity contribution in [3.05, 3.63) is 51.7 Å². The van der Waals surface area contributed by atoms with Gasteiger partial charge in [0, 0.05) is 15.7 Å². The van der Waals surface area contributed by atoms with Gasteiger partial charge in [-0.15, -0.1) is 23.1 Å². The summed E-state index contributed by atoms with van der Waals surface area (Å²) in [6.07, 6.45) is 0. The van der Waals surface area contributed by atoms with Gasteiger partial charge in [0.25, 0.3) is 0 Å². The van der Waals surface area contributed by atoms with Gasteiger partial charge in [-0.1, -0.05) is 23.7 Å². The molecular formula is C15H16ClNO2S2. The molecule has 0 bridgehead atoms. The first-order chi connectivity index (χ1) is 10.2. The number of nitrogens with one attached hydrogen (secondary N) is 1. The van der Waals surface area contributed by atoms with E-state index < -0.39 is 0 Å². The lowest BCUT2D eigenvalue weighted by Gasteiger charge is -2.06. The summed E-state index contributed by atoms with van der Waals surface area (Å²) in [5, 5.41) is 5.56. The monoisotopic (exact) mass is 341 g/mol. The molecule has 2 aromatic rings. The molecule has 1 heterocycles. The van der Waals surface area contributed by atoms with Crippen LogP contribution in [0.4, 0.5) is 0 Å². The number of hydrogen-bond donors (Lipinski definition) is 1. The fourth-order valence-electron chi connectivity index (χ4n) is 1.59. The Morgan fingerprint density at radius 3 is 3.00 bits per heavy atom. The first-order valence-electron chi connectivity index (χ1n) is 6.49. The molecule has 0 aliphatic rings. The maximum absolute atomic E-state index is 11.6. The predicted molar refractivity (Wildman–Crippen MR) is 90.4 cm³/mol. The highest BCUT2D eigenvalue weighted by molar-refractivity contribution is 7.99. The molecular weight excluding hydrogens is 326 g/mol. The summed E-state index contributed by atoms with van der Waals surface area (Å²) in [7, 11) is 0. The molecule has 0 atom stereocenters. The Bertz CT molecular complexity index is 561. The molecule has 1 aromatic carbocycles. The van der Waals surface area contributed by atoms with E-state index in [9.17, 15) is 4.79 Å². The second-order valence-corrected chi connectivity index (χ2v) is 6.79. The molecule has 0 saturated carbocycles. The van der Waals surface area contributed by atoms with E-state index in [0.29, 0.717) is 23.9 Å². The SMILES string of the molecule is O=C(CSCCOc1cccc(Cl)c1)NCc1cccs1. The smallest absolute Gasteiger partial charge is 0.230 e. The number of thiophene rings is 1. The zero-order valence-electron chi connectivity index (χ0n) is 11.4. The van der Waals surface area contributed by atoms with Crippen LogP contribution in [0.2, 0.25) is 5.02 Å². The van der Waals surface area contributed by atoms with E-state index in [0.717, 1.165) is 16.4 Å². The number of halogens is 1. The summed E-state index contributed by atoms with van der Waals surface area (Å²) in [5.74, 6) is 2.02. The van der Waals surface area contributed by atoms with Crippen LogP contribution in [0.25, 0.3) is 0 Å². The number of amides is 1. The lowest BCUT2D eigenvalue weighted by molar-refractivity contribution is -0.118. The van der Waals surface area contributed by atoms with Crippen LogP contribution in [0.15, 0.2) is 41.8 Å². The Morgan fingerprint density at radius 1 is 1.33 bits per heavy atom. The van der Waals surface area contributed by atoms with E-state index in [2.05, 4.69) is 5.32 Å². The minimum absolute atomic E-state index is 0.0520. The molecule has 0 fully saturated rings. The van der Waals surface area contributed by atoms with Crippen molar-refractivity contribution in [2.24, 2.45) is 0 Å². The van der Waals surface area contributed by atoms with Crippen LogP contribution in [0.1, 0.15) is 4.88 Å². The second-order valence-electron chi connectivity index (χ2n) is 4.21. The Balaban J connectivity index is 1.54. The normalized spacial score (nSPS) is 10.3. The van der Waals surface area contributed by atoms with Crippen LogP contribution in [-0.4, -0.2) is 24.0 Å². The maximum atomic E-state index is 11.6. The van der Waals surface area contributed by atoms with Gasteiger partial charge in [0.15, 0.2) is 0 Å². The Hall–Kier alpha value is -1.17. The first-order valence-corrected chi connectivity index (χ1v) is 8.90. The number of benzene rings is 1. The summed E-state index contributed by atoms with van der Waals surface area (Å²) in [5.41, 5.74) is 0. The maximum Gasteiger partial charge on any atom is 0.230 e. The number of thioether (sulfide) groups is 1. The molecule has 1 amide bonds. The number of ether oxygens (including phenoxy) is 1. The molecule has 0 spiro atoms. The van der Waals surface area contributed by atoms with Crippen LogP contribution < -0.4 is 10.1 Å². The van der Waals surface area contributed by atoms with Gasteiger partial charge in [0.05, 0.1) is 18.9 Å². The number of carbonyl (C=O) groups is 1. The standard InChI is InChI=1S/C15H16ClNO2S2/c16-12-3-1-4-13(9-12)19-6-8-20-11-15(18)17-10-14-5-2-7-21-14/h1-5,7,9H,6,8,10-11H2,(H,17,18). The summed E-state index contributed by atoms with van der Waals surface area (Å²) in [4.78, 5) is 12.8. The van der Waals surface area contributed by atoms with Crippen LogP contribution in [0, 0.1) is 0 Å². The second kappa shape index (κ2) is 8.97. The number of carbonyl (C=O) groups excluding carboxylic acids is 1. The van der Waals surface area contributed by atoms with Crippen molar-refractivity contribution in [3.8, 4) is 5.75 Å². The van der Waals surface area contributed by atoms with Crippen LogP contribution in [-0.2, 0) is 11.3 Å². The van der Waals surface area contributed by atoms with Crippen LogP contribution in [0.5, 0.6) is 5.75 Å². The van der Waals surface area contributed by atoms with Gasteiger partial charge in [-0.05, 0) is 29.6 Å². The minimum atomic E-state index is 0.0520. The third kappa shape index (κ3) is 6.42. The van der Waals surface area contributed by atoms with Crippen molar-refractivity contribution in [2.45, 2.75) is 6.54 Å². The fraction of sp³-hybridized carbons (Fsp3) is 0.267. The van der Waals surface area contributed by atoms with E-state index in [4.69, 9.17) is 16.3 Å². The molecule has 0 aliphatic carbocycles. The Labute approximate surface area is 137 Å². The molecule has 21 heavy (non-hydrogen) atoms. The average Bonchev–Trinajstić information content (AvgIpc) is 2.98. The van der Waals surface area contributed by atoms with Gasteiger partial charge in [0.2, 0.25) is 5.91 Å². The predicted octanol–water partition coefficient (Wildman–Crippen LogP) is 3.83. The van der Waals surface area contributed by atoms with Crippen LogP contribution in [0.3, 0.4) is 0 Å². The molecule has 3 nitrogen and oxygen atoms in total. The zero-order valence-corrected chi connectivity index (χ0v) is 13.8. The van der Waals surface area contributed by atoms with Crippen molar-refractivity contribution in [3.63, 3.8) is 0 Å². The Morgan fingerprint density at radius 2 is 2.24 bits per heavy atom.